The minimum Gasteiger partial charge on any atom is -0.492 e. The van der Waals surface area contributed by atoms with Gasteiger partial charge in [0.2, 0.25) is 5.91 Å². The van der Waals surface area contributed by atoms with Crippen LogP contribution in [0.25, 0.3) is 0 Å². The minimum atomic E-state index is -0.560. The topological polar surface area (TPSA) is 67.9 Å². The van der Waals surface area contributed by atoms with E-state index in [0.29, 0.717) is 42.6 Å². The molecule has 4 rings (SSSR count). The van der Waals surface area contributed by atoms with Gasteiger partial charge >= 0.3 is 0 Å². The molecule has 1 unspecified atom stereocenters. The Kier molecular flexibility index (Phi) is 7.30. The van der Waals surface area contributed by atoms with Crippen molar-refractivity contribution in [2.45, 2.75) is 58.0 Å². The van der Waals surface area contributed by atoms with E-state index in [0.717, 1.165) is 12.2 Å². The summed E-state index contributed by atoms with van der Waals surface area (Å²) in [7, 11) is 0. The van der Waals surface area contributed by atoms with Gasteiger partial charge in [0.15, 0.2) is 6.10 Å². The molecule has 170 valence electrons. The molecule has 1 aliphatic heterocycles. The van der Waals surface area contributed by atoms with Crippen molar-refractivity contribution in [3.63, 3.8) is 0 Å². The third-order valence-electron chi connectivity index (χ3n) is 6.28. The van der Waals surface area contributed by atoms with E-state index in [-0.39, 0.29) is 11.8 Å². The van der Waals surface area contributed by atoms with Gasteiger partial charge in [-0.05, 0) is 49.6 Å². The van der Waals surface area contributed by atoms with Crippen LogP contribution < -0.4 is 19.7 Å². The molecule has 0 saturated heterocycles. The maximum atomic E-state index is 12.8. The molecule has 1 atom stereocenters. The van der Waals surface area contributed by atoms with Gasteiger partial charge in [-0.2, -0.15) is 0 Å². The first-order chi connectivity index (χ1) is 15.6. The van der Waals surface area contributed by atoms with Gasteiger partial charge in [-0.1, -0.05) is 50.3 Å². The van der Waals surface area contributed by atoms with Crippen LogP contribution in [0.2, 0.25) is 0 Å². The van der Waals surface area contributed by atoms with Crippen molar-refractivity contribution >= 4 is 23.2 Å². The molecule has 1 aliphatic carbocycles. The summed E-state index contributed by atoms with van der Waals surface area (Å²) in [5, 5.41) is 3.00. The second-order valence-electron chi connectivity index (χ2n) is 8.68. The number of rotatable bonds is 8. The summed E-state index contributed by atoms with van der Waals surface area (Å²) in [5.41, 5.74) is 1.34. The zero-order valence-electron chi connectivity index (χ0n) is 18.7. The van der Waals surface area contributed by atoms with Crippen molar-refractivity contribution in [3.05, 3.63) is 48.5 Å². The number of hydrogen-bond acceptors (Lipinski definition) is 4. The van der Waals surface area contributed by atoms with E-state index >= 15 is 0 Å². The van der Waals surface area contributed by atoms with E-state index in [1.54, 1.807) is 11.8 Å². The monoisotopic (exact) mass is 436 g/mol. The molecule has 1 saturated carbocycles. The van der Waals surface area contributed by atoms with Crippen LogP contribution in [0, 0.1) is 5.92 Å². The summed E-state index contributed by atoms with van der Waals surface area (Å²) in [5.74, 6) is 1.98. The lowest BCUT2D eigenvalue weighted by Crippen LogP contribution is -2.46. The summed E-state index contributed by atoms with van der Waals surface area (Å²) in [6, 6.07) is 15.0. The van der Waals surface area contributed by atoms with Crippen molar-refractivity contribution in [3.8, 4) is 11.5 Å². The zero-order chi connectivity index (χ0) is 22.3. The highest BCUT2D eigenvalue weighted by molar-refractivity contribution is 6.01. The molecule has 0 spiro atoms. The van der Waals surface area contributed by atoms with Crippen molar-refractivity contribution in [2.24, 2.45) is 5.92 Å². The molecule has 1 heterocycles. The Bertz CT molecular complexity index is 925. The summed E-state index contributed by atoms with van der Waals surface area (Å²) in [6.07, 6.45) is 7.29. The van der Waals surface area contributed by atoms with Gasteiger partial charge in [0, 0.05) is 12.1 Å². The van der Waals surface area contributed by atoms with Crippen LogP contribution in [0.15, 0.2) is 48.5 Å². The van der Waals surface area contributed by atoms with Gasteiger partial charge in [-0.15, -0.1) is 0 Å². The number of ether oxygens (including phenoxy) is 2. The number of nitrogens with zero attached hydrogens (tertiary/aromatic N) is 1. The zero-order valence-corrected chi connectivity index (χ0v) is 18.7. The third kappa shape index (κ3) is 5.61. The van der Waals surface area contributed by atoms with E-state index < -0.39 is 6.10 Å². The molecule has 1 N–H and O–H groups in total. The Labute approximate surface area is 189 Å². The summed E-state index contributed by atoms with van der Waals surface area (Å²) < 4.78 is 11.6. The fraction of sp³-hybridized carbons (Fsp3) is 0.462. The number of hydrogen-bond donors (Lipinski definition) is 1. The lowest BCUT2D eigenvalue weighted by molar-refractivity contribution is -0.125. The number of fused-ring (bicyclic) bond motifs is 1. The summed E-state index contributed by atoms with van der Waals surface area (Å²) in [6.45, 7) is 2.50. The minimum absolute atomic E-state index is 0.0194. The van der Waals surface area contributed by atoms with Gasteiger partial charge in [-0.3, -0.25) is 9.59 Å². The quantitative estimate of drug-likeness (QED) is 0.619. The molecule has 6 nitrogen and oxygen atoms in total. The van der Waals surface area contributed by atoms with Crippen molar-refractivity contribution in [1.82, 2.24) is 0 Å². The van der Waals surface area contributed by atoms with Gasteiger partial charge < -0.3 is 19.7 Å². The maximum absolute atomic E-state index is 12.8. The predicted molar refractivity (Wildman–Crippen MR) is 125 cm³/mol. The molecule has 2 aliphatic rings. The molecule has 0 aromatic heterocycles. The number of amides is 2. The lowest BCUT2D eigenvalue weighted by atomic mass is 9.86. The first-order valence-corrected chi connectivity index (χ1v) is 11.7. The number of nitrogens with one attached hydrogen (secondary N) is 1. The maximum Gasteiger partial charge on any atom is 0.267 e. The fourth-order valence-electron chi connectivity index (χ4n) is 4.52. The Balaban J connectivity index is 1.39. The molecular formula is C26H32N2O4. The van der Waals surface area contributed by atoms with Gasteiger partial charge in [0.05, 0.1) is 12.2 Å². The average Bonchev–Trinajstić information content (AvgIpc) is 2.82. The van der Waals surface area contributed by atoms with Crippen molar-refractivity contribution in [1.29, 1.82) is 0 Å². The molecule has 0 radical (unpaired) electrons. The Morgan fingerprint density at radius 2 is 1.91 bits per heavy atom. The van der Waals surface area contributed by atoms with Crippen LogP contribution in [0.5, 0.6) is 11.5 Å². The van der Waals surface area contributed by atoms with Crippen LogP contribution in [-0.2, 0) is 9.59 Å². The average molecular weight is 437 g/mol. The predicted octanol–water partition coefficient (Wildman–Crippen LogP) is 5.18. The second-order valence-corrected chi connectivity index (χ2v) is 8.68. The van der Waals surface area contributed by atoms with Crippen LogP contribution in [0.3, 0.4) is 0 Å². The molecule has 32 heavy (non-hydrogen) atoms. The molecule has 2 aromatic carbocycles. The van der Waals surface area contributed by atoms with E-state index in [1.807, 2.05) is 48.5 Å². The number of carbonyl (C=O) groups is 2. The van der Waals surface area contributed by atoms with E-state index in [2.05, 4.69) is 5.32 Å². The van der Waals surface area contributed by atoms with Gasteiger partial charge in [-0.25, -0.2) is 0 Å². The second kappa shape index (κ2) is 10.5. The molecular weight excluding hydrogens is 404 g/mol. The number of carbonyl (C=O) groups excluding carboxylic acids is 2. The Morgan fingerprint density at radius 1 is 1.12 bits per heavy atom. The van der Waals surface area contributed by atoms with Crippen LogP contribution in [0.4, 0.5) is 11.4 Å². The SMILES string of the molecule is CC1Oc2ccc(NC(=O)CCC3CCCCC3)cc2N(CCOc2ccccc2)C1=O. The highest BCUT2D eigenvalue weighted by Crippen LogP contribution is 2.36. The standard InChI is InChI=1S/C26H32N2O4/c1-19-26(30)28(16-17-31-22-10-6-3-7-11-22)23-18-21(13-14-24(23)32-19)27-25(29)15-12-20-8-4-2-5-9-20/h3,6-7,10-11,13-14,18-20H,2,4-5,8-9,12,15-17H2,1H3,(H,27,29). The van der Waals surface area contributed by atoms with E-state index in [9.17, 15) is 9.59 Å². The number of benzene rings is 2. The summed E-state index contributed by atoms with van der Waals surface area (Å²) in [4.78, 5) is 27.0. The highest BCUT2D eigenvalue weighted by Gasteiger charge is 2.31. The number of anilines is 2. The van der Waals surface area contributed by atoms with E-state index in [1.165, 1.54) is 32.1 Å². The van der Waals surface area contributed by atoms with Crippen LogP contribution in [0.1, 0.15) is 51.9 Å². The largest absolute Gasteiger partial charge is 0.492 e. The highest BCUT2D eigenvalue weighted by atomic mass is 16.5. The Hall–Kier alpha value is -3.02. The normalized spacial score (nSPS) is 18.6. The summed E-state index contributed by atoms with van der Waals surface area (Å²) >= 11 is 0. The fourth-order valence-corrected chi connectivity index (χ4v) is 4.52. The molecule has 0 bridgehead atoms. The molecule has 2 amide bonds. The molecule has 2 aromatic rings. The molecule has 1 fully saturated rings. The van der Waals surface area contributed by atoms with Gasteiger partial charge in [0.1, 0.15) is 18.1 Å². The number of para-hydroxylation sites is 1. The van der Waals surface area contributed by atoms with Crippen LogP contribution >= 0.6 is 0 Å². The van der Waals surface area contributed by atoms with Crippen LogP contribution in [-0.4, -0.2) is 31.1 Å². The first kappa shape index (κ1) is 22.2. The lowest BCUT2D eigenvalue weighted by Gasteiger charge is -2.33. The third-order valence-corrected chi connectivity index (χ3v) is 6.28. The van der Waals surface area contributed by atoms with Gasteiger partial charge in [0.25, 0.3) is 5.91 Å². The van der Waals surface area contributed by atoms with Crippen molar-refractivity contribution < 1.29 is 19.1 Å². The Morgan fingerprint density at radius 3 is 2.69 bits per heavy atom. The smallest absolute Gasteiger partial charge is 0.267 e. The first-order valence-electron chi connectivity index (χ1n) is 11.7. The molecule has 6 heteroatoms. The van der Waals surface area contributed by atoms with Crippen molar-refractivity contribution in [2.75, 3.05) is 23.4 Å². The van der Waals surface area contributed by atoms with E-state index in [4.69, 9.17) is 9.47 Å².